The highest BCUT2D eigenvalue weighted by molar-refractivity contribution is 5.96. The Labute approximate surface area is 123 Å². The zero-order chi connectivity index (χ0) is 14.7. The molecule has 2 aromatic heterocycles. The van der Waals surface area contributed by atoms with Crippen molar-refractivity contribution >= 4 is 11.7 Å². The molecule has 0 aliphatic carbocycles. The van der Waals surface area contributed by atoms with Gasteiger partial charge in [0.15, 0.2) is 0 Å². The maximum absolute atomic E-state index is 12.9. The van der Waals surface area contributed by atoms with E-state index in [1.807, 2.05) is 25.3 Å². The summed E-state index contributed by atoms with van der Waals surface area (Å²) in [5.74, 6) is 0.704. The first-order chi connectivity index (χ1) is 10.3. The number of carbonyl (C=O) groups is 1. The molecule has 0 bridgehead atoms. The second-order valence-electron chi connectivity index (χ2n) is 5.22. The second kappa shape index (κ2) is 5.69. The third kappa shape index (κ3) is 2.44. The Morgan fingerprint density at radius 3 is 2.86 bits per heavy atom. The van der Waals surface area contributed by atoms with Gasteiger partial charge in [0, 0.05) is 25.0 Å². The van der Waals surface area contributed by atoms with Crippen LogP contribution in [0, 0.1) is 0 Å². The summed E-state index contributed by atoms with van der Waals surface area (Å²) in [6, 6.07) is 3.67. The van der Waals surface area contributed by atoms with E-state index in [0.29, 0.717) is 0 Å². The van der Waals surface area contributed by atoms with Crippen LogP contribution in [0.4, 0.5) is 5.82 Å². The van der Waals surface area contributed by atoms with Gasteiger partial charge in [-0.2, -0.15) is 10.2 Å². The molecule has 0 aromatic carbocycles. The van der Waals surface area contributed by atoms with Crippen LogP contribution in [-0.4, -0.2) is 38.6 Å². The Bertz CT molecular complexity index is 597. The molecule has 21 heavy (non-hydrogen) atoms. The molecule has 0 atom stereocenters. The van der Waals surface area contributed by atoms with Crippen LogP contribution in [-0.2, 0) is 16.9 Å². The van der Waals surface area contributed by atoms with Crippen LogP contribution in [0.3, 0.4) is 0 Å². The zero-order valence-electron chi connectivity index (χ0n) is 12.1. The zero-order valence-corrected chi connectivity index (χ0v) is 12.1. The molecular weight excluding hydrogens is 268 g/mol. The van der Waals surface area contributed by atoms with Gasteiger partial charge in [-0.3, -0.25) is 9.48 Å². The first-order valence-electron chi connectivity index (χ1n) is 7.30. The van der Waals surface area contributed by atoms with Crippen molar-refractivity contribution in [3.63, 3.8) is 0 Å². The van der Waals surface area contributed by atoms with E-state index in [9.17, 15) is 4.79 Å². The number of hydrogen-bond donors (Lipinski definition) is 2. The topological polar surface area (TPSA) is 76.8 Å². The molecule has 7 heteroatoms. The number of hydrogen-bond acceptors (Lipinski definition) is 4. The number of rotatable bonds is 4. The minimum atomic E-state index is -0.627. The average molecular weight is 288 g/mol. The monoisotopic (exact) mass is 288 g/mol. The molecule has 7 nitrogen and oxygen atoms in total. The summed E-state index contributed by atoms with van der Waals surface area (Å²) < 4.78 is 3.56. The van der Waals surface area contributed by atoms with Gasteiger partial charge in [0.2, 0.25) is 0 Å². The van der Waals surface area contributed by atoms with Gasteiger partial charge in [-0.1, -0.05) is 0 Å². The Morgan fingerprint density at radius 2 is 2.19 bits per heavy atom. The molecular formula is C14H20N6O. The van der Waals surface area contributed by atoms with Crippen molar-refractivity contribution in [3.8, 4) is 0 Å². The van der Waals surface area contributed by atoms with Crippen LogP contribution in [0.5, 0.6) is 0 Å². The van der Waals surface area contributed by atoms with Crippen LogP contribution in [0.2, 0.25) is 0 Å². The van der Waals surface area contributed by atoms with Gasteiger partial charge in [-0.05, 0) is 38.9 Å². The van der Waals surface area contributed by atoms with E-state index in [4.69, 9.17) is 0 Å². The molecule has 3 rings (SSSR count). The number of nitrogens with zero attached hydrogens (tertiary/aromatic N) is 4. The van der Waals surface area contributed by atoms with Crippen LogP contribution >= 0.6 is 0 Å². The number of amides is 1. The van der Waals surface area contributed by atoms with Crippen molar-refractivity contribution in [3.05, 3.63) is 30.7 Å². The lowest BCUT2D eigenvalue weighted by Crippen LogP contribution is -2.52. The minimum Gasteiger partial charge on any atom is -0.317 e. The van der Waals surface area contributed by atoms with Crippen molar-refractivity contribution in [2.24, 2.45) is 0 Å². The Balaban J connectivity index is 1.88. The van der Waals surface area contributed by atoms with Crippen LogP contribution in [0.15, 0.2) is 30.7 Å². The van der Waals surface area contributed by atoms with Crippen LogP contribution in [0.1, 0.15) is 19.8 Å². The van der Waals surface area contributed by atoms with Gasteiger partial charge in [0.1, 0.15) is 11.4 Å². The maximum Gasteiger partial charge on any atom is 0.253 e. The van der Waals surface area contributed by atoms with E-state index in [1.165, 1.54) is 0 Å². The van der Waals surface area contributed by atoms with Gasteiger partial charge in [0.05, 0.1) is 6.20 Å². The molecule has 0 saturated carbocycles. The molecule has 0 radical (unpaired) electrons. The van der Waals surface area contributed by atoms with E-state index in [1.54, 1.807) is 21.8 Å². The van der Waals surface area contributed by atoms with Gasteiger partial charge in [-0.15, -0.1) is 0 Å². The van der Waals surface area contributed by atoms with Crippen molar-refractivity contribution in [1.82, 2.24) is 24.9 Å². The number of aryl methyl sites for hydroxylation is 1. The summed E-state index contributed by atoms with van der Waals surface area (Å²) in [6.07, 6.45) is 6.72. The largest absolute Gasteiger partial charge is 0.317 e. The standard InChI is InChI=1S/C14H20N6O/c1-2-19-12(4-8-16-19)18-13(21)14(5-9-15-10-6-14)20-11-3-7-17-20/h3-4,7-8,11,15H,2,5-6,9-10H2,1H3,(H,18,21). The number of anilines is 1. The summed E-state index contributed by atoms with van der Waals surface area (Å²) in [4.78, 5) is 12.9. The van der Waals surface area contributed by atoms with Crippen molar-refractivity contribution < 1.29 is 4.79 Å². The third-order valence-electron chi connectivity index (χ3n) is 4.05. The highest BCUT2D eigenvalue weighted by atomic mass is 16.2. The highest BCUT2D eigenvalue weighted by Gasteiger charge is 2.42. The molecule has 1 aliphatic rings. The molecule has 1 aliphatic heterocycles. The Hall–Kier alpha value is -2.15. The molecule has 112 valence electrons. The lowest BCUT2D eigenvalue weighted by atomic mass is 9.87. The van der Waals surface area contributed by atoms with E-state index < -0.39 is 5.54 Å². The fraction of sp³-hybridized carbons (Fsp3) is 0.500. The van der Waals surface area contributed by atoms with E-state index in [-0.39, 0.29) is 5.91 Å². The lowest BCUT2D eigenvalue weighted by molar-refractivity contribution is -0.126. The molecule has 1 amide bonds. The maximum atomic E-state index is 12.9. The summed E-state index contributed by atoms with van der Waals surface area (Å²) >= 11 is 0. The summed E-state index contributed by atoms with van der Waals surface area (Å²) in [7, 11) is 0. The summed E-state index contributed by atoms with van der Waals surface area (Å²) in [6.45, 7) is 4.33. The van der Waals surface area contributed by atoms with Gasteiger partial charge >= 0.3 is 0 Å². The van der Waals surface area contributed by atoms with Crippen molar-refractivity contribution in [1.29, 1.82) is 0 Å². The lowest BCUT2D eigenvalue weighted by Gasteiger charge is -2.36. The Kier molecular flexibility index (Phi) is 3.74. The van der Waals surface area contributed by atoms with Crippen LogP contribution in [0.25, 0.3) is 0 Å². The summed E-state index contributed by atoms with van der Waals surface area (Å²) in [5, 5.41) is 14.8. The first-order valence-corrected chi connectivity index (χ1v) is 7.30. The van der Waals surface area contributed by atoms with E-state index in [0.717, 1.165) is 38.3 Å². The number of aromatic nitrogens is 4. The predicted octanol–water partition coefficient (Wildman–Crippen LogP) is 0.817. The van der Waals surface area contributed by atoms with Gasteiger partial charge in [0.25, 0.3) is 5.91 Å². The molecule has 1 saturated heterocycles. The molecule has 1 fully saturated rings. The molecule has 2 N–H and O–H groups in total. The minimum absolute atomic E-state index is 0.0251. The fourth-order valence-corrected chi connectivity index (χ4v) is 2.85. The molecule has 2 aromatic rings. The van der Waals surface area contributed by atoms with Gasteiger partial charge in [-0.25, -0.2) is 4.68 Å². The highest BCUT2D eigenvalue weighted by Crippen LogP contribution is 2.28. The van der Waals surface area contributed by atoms with Crippen molar-refractivity contribution in [2.75, 3.05) is 18.4 Å². The fourth-order valence-electron chi connectivity index (χ4n) is 2.85. The van der Waals surface area contributed by atoms with Crippen molar-refractivity contribution in [2.45, 2.75) is 31.8 Å². The normalized spacial score (nSPS) is 17.6. The first kappa shape index (κ1) is 13.8. The number of carbonyl (C=O) groups excluding carboxylic acids is 1. The number of piperidine rings is 1. The third-order valence-corrected chi connectivity index (χ3v) is 4.05. The van der Waals surface area contributed by atoms with Crippen LogP contribution < -0.4 is 10.6 Å². The van der Waals surface area contributed by atoms with Gasteiger partial charge < -0.3 is 10.6 Å². The number of nitrogens with one attached hydrogen (secondary N) is 2. The quantitative estimate of drug-likeness (QED) is 0.873. The van der Waals surface area contributed by atoms with E-state index >= 15 is 0 Å². The summed E-state index contributed by atoms with van der Waals surface area (Å²) in [5.41, 5.74) is -0.627. The second-order valence-corrected chi connectivity index (χ2v) is 5.22. The SMILES string of the molecule is CCn1nccc1NC(=O)C1(n2cccn2)CCNCC1. The average Bonchev–Trinajstić information content (AvgIpc) is 3.19. The smallest absolute Gasteiger partial charge is 0.253 e. The van der Waals surface area contributed by atoms with E-state index in [2.05, 4.69) is 20.8 Å². The Morgan fingerprint density at radius 1 is 1.38 bits per heavy atom. The molecule has 0 unspecified atom stereocenters. The predicted molar refractivity (Wildman–Crippen MR) is 78.8 cm³/mol. The molecule has 3 heterocycles. The molecule has 0 spiro atoms.